The fourth-order valence-corrected chi connectivity index (χ4v) is 9.42. The molecule has 0 N–H and O–H groups in total. The molecule has 6 fully saturated rings. The first-order chi connectivity index (χ1) is 26.3. The average molecular weight is 827 g/mol. The second-order valence-electron chi connectivity index (χ2n) is 19.4. The summed E-state index contributed by atoms with van der Waals surface area (Å²) in [5.41, 5.74) is -2.28. The zero-order chi connectivity index (χ0) is 44.1. The second kappa shape index (κ2) is 16.4. The monoisotopic (exact) mass is 826 g/mol. The minimum absolute atomic E-state index is 0.0690. The molecular formula is C40H61F6N3O8. The maximum absolute atomic E-state index is 13.0. The van der Waals surface area contributed by atoms with E-state index < -0.39 is 102 Å². The Morgan fingerprint density at radius 1 is 0.614 bits per heavy atom. The Balaban J connectivity index is 0.000000247. The van der Waals surface area contributed by atoms with Gasteiger partial charge in [0.05, 0.1) is 35.0 Å². The summed E-state index contributed by atoms with van der Waals surface area (Å²) in [5.74, 6) is -2.36. The van der Waals surface area contributed by atoms with Gasteiger partial charge in [0, 0.05) is 14.5 Å². The molecule has 0 aromatic heterocycles. The summed E-state index contributed by atoms with van der Waals surface area (Å²) in [5, 5.41) is 0. The number of rotatable bonds is 4. The van der Waals surface area contributed by atoms with Crippen molar-refractivity contribution in [3.8, 4) is 0 Å². The maximum atomic E-state index is 13.0. The highest BCUT2D eigenvalue weighted by atomic mass is 19.4. The van der Waals surface area contributed by atoms with E-state index in [-0.39, 0.29) is 36.2 Å². The average Bonchev–Trinajstić information content (AvgIpc) is 3.26. The molecule has 17 heteroatoms. The molecular weight excluding hydrogens is 764 g/mol. The van der Waals surface area contributed by atoms with Crippen molar-refractivity contribution in [1.82, 2.24) is 14.7 Å². The predicted molar refractivity (Wildman–Crippen MR) is 195 cm³/mol. The fraction of sp³-hybridized carbons (Fsp3) is 0.875. The van der Waals surface area contributed by atoms with Gasteiger partial charge in [-0.15, -0.1) is 0 Å². The van der Waals surface area contributed by atoms with Crippen LogP contribution in [-0.2, 0) is 33.4 Å². The largest absolute Gasteiger partial charge is 0.459 e. The van der Waals surface area contributed by atoms with Crippen LogP contribution in [0.4, 0.5) is 31.1 Å². The van der Waals surface area contributed by atoms with Gasteiger partial charge in [-0.2, -0.15) is 26.3 Å². The lowest BCUT2D eigenvalue weighted by Crippen LogP contribution is -2.59. The number of likely N-dealkylation sites (tertiary alicyclic amines) is 2. The predicted octanol–water partition coefficient (Wildman–Crippen LogP) is 7.69. The van der Waals surface area contributed by atoms with Crippen LogP contribution in [-0.4, -0.2) is 112 Å². The normalized spacial score (nSPS) is 31.7. The lowest BCUT2D eigenvalue weighted by atomic mass is 9.78. The molecule has 11 nitrogen and oxygen atoms in total. The summed E-state index contributed by atoms with van der Waals surface area (Å²) >= 11 is 0. The van der Waals surface area contributed by atoms with E-state index in [9.17, 15) is 50.3 Å². The number of alkyl halides is 6. The van der Waals surface area contributed by atoms with Gasteiger partial charge in [0.15, 0.2) is 0 Å². The Morgan fingerprint density at radius 3 is 1.49 bits per heavy atom. The zero-order valence-corrected chi connectivity index (χ0v) is 34.7. The molecule has 0 aromatic rings. The Hall–Kier alpha value is -3.27. The van der Waals surface area contributed by atoms with Gasteiger partial charge < -0.3 is 24.0 Å². The highest BCUT2D eigenvalue weighted by Gasteiger charge is 2.64. The third-order valence-electron chi connectivity index (χ3n) is 11.4. The van der Waals surface area contributed by atoms with E-state index in [0.29, 0.717) is 26.3 Å². The third kappa shape index (κ3) is 10.9. The van der Waals surface area contributed by atoms with Crippen LogP contribution in [0.2, 0.25) is 0 Å². The second-order valence-corrected chi connectivity index (χ2v) is 19.4. The number of carbonyl (C=O) groups excluding carboxylic acids is 5. The van der Waals surface area contributed by atoms with Crippen LogP contribution in [0, 0.1) is 34.5 Å². The number of fused-ring (bicyclic) bond motifs is 4. The first-order valence-electron chi connectivity index (χ1n) is 20.5. The number of ether oxygens (including phenoxy) is 3. The van der Waals surface area contributed by atoms with Crippen LogP contribution in [0.1, 0.15) is 122 Å². The van der Waals surface area contributed by atoms with Crippen LogP contribution < -0.4 is 0 Å². The molecule has 2 saturated carbocycles. The number of amides is 3. The van der Waals surface area contributed by atoms with E-state index in [1.807, 2.05) is 0 Å². The molecule has 4 unspecified atom stereocenters. The summed E-state index contributed by atoms with van der Waals surface area (Å²) in [4.78, 5) is 66.7. The van der Waals surface area contributed by atoms with Crippen molar-refractivity contribution in [3.05, 3.63) is 0 Å². The third-order valence-corrected chi connectivity index (χ3v) is 11.4. The number of halogens is 6. The molecule has 0 aromatic carbocycles. The van der Waals surface area contributed by atoms with E-state index in [2.05, 4.69) is 0 Å². The summed E-state index contributed by atoms with van der Waals surface area (Å²) in [7, 11) is 0. The summed E-state index contributed by atoms with van der Waals surface area (Å²) in [6.07, 6.45) is -10.6. The van der Waals surface area contributed by atoms with Crippen LogP contribution in [0.25, 0.3) is 0 Å². The number of nitrogens with zero attached hydrogens (tertiary/aromatic N) is 3. The number of esters is 2. The van der Waals surface area contributed by atoms with Crippen molar-refractivity contribution >= 4 is 29.8 Å². The molecule has 2 aliphatic carbocycles. The molecule has 57 heavy (non-hydrogen) atoms. The first kappa shape index (κ1) is 44.8. The van der Waals surface area contributed by atoms with Crippen LogP contribution in [0.5, 0.6) is 0 Å². The number of piperidine rings is 3. The molecule has 0 radical (unpaired) electrons. The Labute approximate surface area is 333 Å². The molecule has 4 saturated heterocycles. The summed E-state index contributed by atoms with van der Waals surface area (Å²) in [6.45, 7) is 18.2. The van der Waals surface area contributed by atoms with E-state index >= 15 is 0 Å². The van der Waals surface area contributed by atoms with Gasteiger partial charge in [-0.25, -0.2) is 4.79 Å². The lowest BCUT2D eigenvalue weighted by Gasteiger charge is -2.46. The van der Waals surface area contributed by atoms with Crippen LogP contribution in [0.15, 0.2) is 0 Å². The van der Waals surface area contributed by atoms with Crippen molar-refractivity contribution in [1.29, 1.82) is 0 Å². The topological polar surface area (TPSA) is 123 Å². The fourth-order valence-electron chi connectivity index (χ4n) is 9.42. The van der Waals surface area contributed by atoms with Gasteiger partial charge in [-0.1, -0.05) is 13.8 Å². The van der Waals surface area contributed by atoms with E-state index in [0.717, 1.165) is 19.3 Å². The van der Waals surface area contributed by atoms with Crippen molar-refractivity contribution in [3.63, 3.8) is 0 Å². The SMILES string of the molecule is CC(C)(C)C(=O)O[C@@H]1C2[C@H]3CC(C[C@@H]1C3)CN2C(=O)CC(F)(F)F.CC(C)(C)OC(=O)N1[C@@H]2CC3C[C@H]1[C@H](OC(=O)C(C)(C)C)C2N(C(=O)CC(F)(F)F)C3.[2H]CC. The van der Waals surface area contributed by atoms with Gasteiger partial charge in [-0.05, 0) is 118 Å². The number of hydrogen-bond donors (Lipinski definition) is 0. The Bertz CT molecular complexity index is 1540. The molecule has 6 aliphatic rings. The number of carbonyl (C=O) groups is 5. The highest BCUT2D eigenvalue weighted by Crippen LogP contribution is 2.53. The van der Waals surface area contributed by atoms with Crippen LogP contribution in [0.3, 0.4) is 0 Å². The molecule has 6 rings (SSSR count). The molecule has 4 aliphatic heterocycles. The van der Waals surface area contributed by atoms with Crippen molar-refractivity contribution in [2.75, 3.05) is 13.1 Å². The minimum Gasteiger partial charge on any atom is -0.459 e. The first-order valence-corrected chi connectivity index (χ1v) is 19.8. The minimum atomic E-state index is -4.64. The zero-order valence-electron chi connectivity index (χ0n) is 35.7. The molecule has 6 bridgehead atoms. The Kier molecular flexibility index (Phi) is 12.9. The van der Waals surface area contributed by atoms with E-state index in [1.165, 1.54) is 14.7 Å². The molecule has 3 amide bonds. The molecule has 4 heterocycles. The van der Waals surface area contributed by atoms with Gasteiger partial charge in [0.2, 0.25) is 11.8 Å². The van der Waals surface area contributed by atoms with Crippen LogP contribution >= 0.6 is 0 Å². The van der Waals surface area contributed by atoms with Gasteiger partial charge in [-0.3, -0.25) is 24.1 Å². The van der Waals surface area contributed by atoms with Crippen molar-refractivity contribution in [2.24, 2.45) is 34.5 Å². The summed E-state index contributed by atoms with van der Waals surface area (Å²) < 4.78 is 100. The van der Waals surface area contributed by atoms with Gasteiger partial charge in [0.25, 0.3) is 0 Å². The van der Waals surface area contributed by atoms with E-state index in [1.54, 1.807) is 69.2 Å². The number of hydrogen-bond acceptors (Lipinski definition) is 8. The summed E-state index contributed by atoms with van der Waals surface area (Å²) in [6, 6.07) is -2.31. The van der Waals surface area contributed by atoms with Gasteiger partial charge in [0.1, 0.15) is 30.7 Å². The van der Waals surface area contributed by atoms with Crippen molar-refractivity contribution < 1.29 is 65.9 Å². The van der Waals surface area contributed by atoms with E-state index in [4.69, 9.17) is 15.6 Å². The standard InChI is InChI=1S/C21H31F3N2O5.C17H24F3NO3.C2H6/c1-19(2,3)17(28)30-16-13-8-11-7-12(26(13)18(29)31-20(4,5)6)15(16)25(10-11)14(27)9-21(22,23)24;1-16(2,3)15(23)24-14-11-5-9-4-10(6-11)13(14)21(8-9)12(22)7-17(18,19)20;1-2/h11-13,15-16H,7-10H2,1-6H3;9-11,13-14H,4-8H2,1-3H3;1-2H3/t11?,12-,13+,15?,16+;9?,10-,11+,13?,14-;/m10./s1/i;;1D. The van der Waals surface area contributed by atoms with Crippen molar-refractivity contribution in [2.45, 2.75) is 175 Å². The molecule has 0 spiro atoms. The highest BCUT2D eigenvalue weighted by molar-refractivity contribution is 5.80. The van der Waals surface area contributed by atoms with Gasteiger partial charge >= 0.3 is 30.4 Å². The maximum Gasteiger partial charge on any atom is 0.410 e. The smallest absolute Gasteiger partial charge is 0.410 e. The quantitative estimate of drug-likeness (QED) is 0.161. The Morgan fingerprint density at radius 2 is 1.04 bits per heavy atom. The lowest BCUT2D eigenvalue weighted by molar-refractivity contribution is -0.173. The molecule has 326 valence electrons. The molecule has 10 atom stereocenters.